The minimum absolute atomic E-state index is 0.170. The fraction of sp³-hybridized carbons (Fsp3) is 0.350. The average molecular weight is 478 g/mol. The van der Waals surface area contributed by atoms with E-state index in [0.717, 1.165) is 29.8 Å². The lowest BCUT2D eigenvalue weighted by Crippen LogP contribution is -2.30. The molecule has 0 bridgehead atoms. The summed E-state index contributed by atoms with van der Waals surface area (Å²) in [4.78, 5) is 13.4. The van der Waals surface area contributed by atoms with Crippen molar-refractivity contribution in [2.45, 2.75) is 30.6 Å². The molecule has 0 aliphatic rings. The van der Waals surface area contributed by atoms with E-state index in [9.17, 15) is 26.4 Å². The summed E-state index contributed by atoms with van der Waals surface area (Å²) in [5.74, 6) is -0.396. The molecule has 2 N–H and O–H groups in total. The molecule has 0 spiro atoms. The maximum Gasteiger partial charge on any atom is 0.417 e. The molecular weight excluding hydrogens is 455 g/mol. The number of nitrogens with one attached hydrogen (secondary N) is 2. The number of nitrogens with zero attached hydrogens (tertiary/aromatic N) is 1. The number of carbonyl (C=O) groups is 1. The number of sulfonamides is 1. The highest BCUT2D eigenvalue weighted by molar-refractivity contribution is 7.89. The highest BCUT2D eigenvalue weighted by Crippen LogP contribution is 2.35. The fourth-order valence-corrected chi connectivity index (χ4v) is 4.05. The van der Waals surface area contributed by atoms with Crippen LogP contribution < -0.4 is 10.0 Å². The van der Waals surface area contributed by atoms with Gasteiger partial charge >= 0.3 is 6.18 Å². The van der Waals surface area contributed by atoms with Crippen LogP contribution in [0.1, 0.15) is 23.1 Å². The Morgan fingerprint density at radius 2 is 1.77 bits per heavy atom. The van der Waals surface area contributed by atoms with Crippen molar-refractivity contribution in [1.82, 2.24) is 14.9 Å². The zero-order chi connectivity index (χ0) is 23.2. The second-order valence-electron chi connectivity index (χ2n) is 7.12. The topological polar surface area (TPSA) is 78.5 Å². The largest absolute Gasteiger partial charge is 0.417 e. The van der Waals surface area contributed by atoms with E-state index in [1.165, 1.54) is 0 Å². The van der Waals surface area contributed by atoms with Gasteiger partial charge in [-0.1, -0.05) is 35.9 Å². The number of halogens is 4. The molecule has 170 valence electrons. The zero-order valence-electron chi connectivity index (χ0n) is 17.0. The van der Waals surface area contributed by atoms with Gasteiger partial charge in [-0.2, -0.15) is 13.2 Å². The Balaban J connectivity index is 1.89. The lowest BCUT2D eigenvalue weighted by Gasteiger charge is -2.12. The van der Waals surface area contributed by atoms with Gasteiger partial charge in [0.15, 0.2) is 0 Å². The van der Waals surface area contributed by atoms with Crippen LogP contribution >= 0.6 is 11.6 Å². The van der Waals surface area contributed by atoms with E-state index in [1.54, 1.807) is 0 Å². The van der Waals surface area contributed by atoms with E-state index < -0.39 is 37.6 Å². The van der Waals surface area contributed by atoms with E-state index in [2.05, 4.69) is 10.0 Å². The molecule has 0 radical (unpaired) electrons. The van der Waals surface area contributed by atoms with Crippen LogP contribution in [0, 0.1) is 0 Å². The molecule has 2 aromatic rings. The predicted octanol–water partition coefficient (Wildman–Crippen LogP) is 3.41. The van der Waals surface area contributed by atoms with Crippen LogP contribution in [0.3, 0.4) is 0 Å². The van der Waals surface area contributed by atoms with E-state index in [1.807, 2.05) is 43.3 Å². The molecule has 0 saturated carbocycles. The van der Waals surface area contributed by atoms with Gasteiger partial charge in [0.25, 0.3) is 0 Å². The number of alkyl halides is 3. The third-order valence-corrected chi connectivity index (χ3v) is 5.97. The summed E-state index contributed by atoms with van der Waals surface area (Å²) in [6.45, 7) is 0.766. The van der Waals surface area contributed by atoms with Gasteiger partial charge < -0.3 is 10.2 Å². The molecule has 0 heterocycles. The summed E-state index contributed by atoms with van der Waals surface area (Å²) in [6, 6.07) is 9.99. The number of amides is 1. The van der Waals surface area contributed by atoms with Crippen molar-refractivity contribution in [3.8, 4) is 0 Å². The van der Waals surface area contributed by atoms with E-state index in [0.29, 0.717) is 6.07 Å². The molecule has 0 saturated heterocycles. The maximum atomic E-state index is 12.9. The lowest BCUT2D eigenvalue weighted by atomic mass is 10.1. The second-order valence-corrected chi connectivity index (χ2v) is 9.30. The van der Waals surface area contributed by atoms with Crippen LogP contribution in [0.25, 0.3) is 0 Å². The second kappa shape index (κ2) is 10.4. The third kappa shape index (κ3) is 7.80. The van der Waals surface area contributed by atoms with E-state index in [-0.39, 0.29) is 19.5 Å². The van der Waals surface area contributed by atoms with Crippen LogP contribution in [0.4, 0.5) is 13.2 Å². The molecular formula is C20H23ClF3N3O3S. The van der Waals surface area contributed by atoms with Crippen molar-refractivity contribution >= 4 is 27.5 Å². The van der Waals surface area contributed by atoms with Crippen LogP contribution in [0.5, 0.6) is 0 Å². The van der Waals surface area contributed by atoms with E-state index in [4.69, 9.17) is 11.6 Å². The predicted molar refractivity (Wildman–Crippen MR) is 112 cm³/mol. The van der Waals surface area contributed by atoms with Crippen molar-refractivity contribution < 1.29 is 26.4 Å². The monoisotopic (exact) mass is 477 g/mol. The SMILES string of the molecule is CN(C)Cc1cccc(CNC(=O)CCNS(=O)(=O)c2ccc(Cl)c(C(F)(F)F)c2)c1. The summed E-state index contributed by atoms with van der Waals surface area (Å²) in [7, 11) is -0.337. The van der Waals surface area contributed by atoms with Gasteiger partial charge in [0, 0.05) is 26.1 Å². The molecule has 1 amide bonds. The quantitative estimate of drug-likeness (QED) is 0.580. The van der Waals surface area contributed by atoms with Gasteiger partial charge in [-0.3, -0.25) is 4.79 Å². The van der Waals surface area contributed by atoms with Crippen molar-refractivity contribution in [2.24, 2.45) is 0 Å². The Morgan fingerprint density at radius 3 is 2.42 bits per heavy atom. The number of benzene rings is 2. The highest BCUT2D eigenvalue weighted by Gasteiger charge is 2.34. The van der Waals surface area contributed by atoms with Gasteiger partial charge in [-0.25, -0.2) is 13.1 Å². The summed E-state index contributed by atoms with van der Waals surface area (Å²) in [6.07, 6.45) is -4.96. The molecule has 0 aliphatic carbocycles. The van der Waals surface area contributed by atoms with Gasteiger partial charge in [-0.05, 0) is 43.4 Å². The molecule has 0 fully saturated rings. The fourth-order valence-electron chi connectivity index (χ4n) is 2.76. The molecule has 31 heavy (non-hydrogen) atoms. The molecule has 0 aliphatic heterocycles. The average Bonchev–Trinajstić information content (AvgIpc) is 2.65. The minimum Gasteiger partial charge on any atom is -0.352 e. The molecule has 11 heteroatoms. The lowest BCUT2D eigenvalue weighted by molar-refractivity contribution is -0.137. The molecule has 0 atom stereocenters. The Labute approximate surface area is 184 Å². The first-order chi connectivity index (χ1) is 14.4. The van der Waals surface area contributed by atoms with Crippen LogP contribution in [-0.2, 0) is 34.1 Å². The highest BCUT2D eigenvalue weighted by atomic mass is 35.5. The standard InChI is InChI=1S/C20H23ClF3N3O3S/c1-27(2)13-15-5-3-4-14(10-15)12-25-19(28)8-9-26-31(29,30)16-6-7-18(21)17(11-16)20(22,23)24/h3-7,10-11,26H,8-9,12-13H2,1-2H3,(H,25,28). The smallest absolute Gasteiger partial charge is 0.352 e. The Hall–Kier alpha value is -2.14. The molecule has 0 aromatic heterocycles. The van der Waals surface area contributed by atoms with Crippen molar-refractivity contribution in [1.29, 1.82) is 0 Å². The van der Waals surface area contributed by atoms with Crippen molar-refractivity contribution in [3.63, 3.8) is 0 Å². The molecule has 2 aromatic carbocycles. The molecule has 2 rings (SSSR count). The normalized spacial score (nSPS) is 12.2. The van der Waals surface area contributed by atoms with Crippen LogP contribution in [-0.4, -0.2) is 39.9 Å². The maximum absolute atomic E-state index is 12.9. The summed E-state index contributed by atoms with van der Waals surface area (Å²) in [5.41, 5.74) is 0.742. The molecule has 0 unspecified atom stereocenters. The summed E-state index contributed by atoms with van der Waals surface area (Å²) >= 11 is 5.51. The third-order valence-electron chi connectivity index (χ3n) is 4.18. The van der Waals surface area contributed by atoms with Crippen LogP contribution in [0.15, 0.2) is 47.4 Å². The van der Waals surface area contributed by atoms with Gasteiger partial charge in [0.1, 0.15) is 0 Å². The van der Waals surface area contributed by atoms with Gasteiger partial charge in [0.2, 0.25) is 15.9 Å². The Kier molecular flexibility index (Phi) is 8.47. The first kappa shape index (κ1) is 25.1. The summed E-state index contributed by atoms with van der Waals surface area (Å²) in [5, 5.41) is 2.09. The van der Waals surface area contributed by atoms with Crippen molar-refractivity contribution in [2.75, 3.05) is 20.6 Å². The van der Waals surface area contributed by atoms with E-state index >= 15 is 0 Å². The van der Waals surface area contributed by atoms with Gasteiger partial charge in [-0.15, -0.1) is 0 Å². The minimum atomic E-state index is -4.79. The number of carbonyl (C=O) groups excluding carboxylic acids is 1. The first-order valence-electron chi connectivity index (χ1n) is 9.24. The zero-order valence-corrected chi connectivity index (χ0v) is 18.5. The number of rotatable bonds is 9. The van der Waals surface area contributed by atoms with Crippen molar-refractivity contribution in [3.05, 3.63) is 64.2 Å². The number of hydrogen-bond donors (Lipinski definition) is 2. The van der Waals surface area contributed by atoms with Gasteiger partial charge in [0.05, 0.1) is 15.5 Å². The number of hydrogen-bond acceptors (Lipinski definition) is 4. The Bertz CT molecular complexity index is 1030. The Morgan fingerprint density at radius 1 is 1.10 bits per heavy atom. The van der Waals surface area contributed by atoms with Crippen LogP contribution in [0.2, 0.25) is 5.02 Å². The summed E-state index contributed by atoms with van der Waals surface area (Å²) < 4.78 is 65.4. The molecule has 6 nitrogen and oxygen atoms in total. The first-order valence-corrected chi connectivity index (χ1v) is 11.1.